The van der Waals surface area contributed by atoms with Crippen molar-refractivity contribution >= 4 is 78.7 Å². The minimum Gasteiger partial charge on any atom is -0.457 e. The van der Waals surface area contributed by atoms with Crippen molar-refractivity contribution in [2.75, 3.05) is 0 Å². The number of amides is 4. The Morgan fingerprint density at radius 3 is 0.682 bits per heavy atom. The standard InChI is InChI=1S/C96H70N2O12/c1-57(2)51-77(95(103)109-67-31-19-9-20-32-67)97-91(99)73-53-79(105-69-43-35-63(36-44-69)59-23-11-5-12-24-59)85-87-81(107-71-47-39-65(40-48-71)61-27-15-7-16-28-61)55-75-84-76(94(102)98(93(75)101)78(52-58(3)4)96(104)110-68-33-21-10-22-34-68)56-82(108-72-49-41-66(42-50-72)62-29-17-8-18-30-62)88(90(84)87)86-80(54-74(92(97)100)83(73)89(85)86)106-70-45-37-64(38-46-70)60-25-13-6-14-26-60/h5-50,53-58,77-78H,51-52H2,1-4H3. The minimum atomic E-state index is -1.45. The Labute approximate surface area is 634 Å². The summed E-state index contributed by atoms with van der Waals surface area (Å²) in [6, 6.07) is 89.9. The molecule has 536 valence electrons. The number of rotatable bonds is 22. The highest BCUT2D eigenvalue weighted by molar-refractivity contribution is 6.45. The van der Waals surface area contributed by atoms with Crippen LogP contribution in [0.4, 0.5) is 0 Å². The van der Waals surface area contributed by atoms with Crippen LogP contribution in [-0.2, 0) is 9.59 Å². The van der Waals surface area contributed by atoms with Gasteiger partial charge in [-0.05, 0) is 166 Å². The van der Waals surface area contributed by atoms with Gasteiger partial charge in [0.2, 0.25) is 0 Å². The molecule has 2 aliphatic rings. The van der Waals surface area contributed by atoms with E-state index in [0.717, 1.165) is 54.3 Å². The molecule has 15 aromatic carbocycles. The Kier molecular flexibility index (Phi) is 18.3. The van der Waals surface area contributed by atoms with E-state index in [0.29, 0.717) is 23.0 Å². The van der Waals surface area contributed by atoms with Gasteiger partial charge < -0.3 is 28.4 Å². The van der Waals surface area contributed by atoms with Gasteiger partial charge in [0, 0.05) is 43.1 Å². The molecule has 17 rings (SSSR count). The van der Waals surface area contributed by atoms with E-state index in [1.165, 1.54) is 0 Å². The fourth-order valence-corrected chi connectivity index (χ4v) is 15.2. The number of esters is 2. The first-order valence-corrected chi connectivity index (χ1v) is 36.7. The SMILES string of the molecule is CC(C)CC(C(=O)Oc1ccccc1)N1C(=O)c2cc(Oc3ccc(-c4ccccc4)cc3)c3c4c(Oc5ccc(-c6ccccc6)cc5)cc5c6c(cc(Oc7ccc(-c8ccccc8)cc7)c(c7c(Oc8ccc(-c9ccccc9)cc8)cc(c2c37)C1=O)c64)C(=O)N(C(CC(C)C)C(=O)Oc1ccccc1)C5=O. The predicted octanol–water partition coefficient (Wildman–Crippen LogP) is 22.8. The molecule has 0 saturated carbocycles. The van der Waals surface area contributed by atoms with E-state index in [4.69, 9.17) is 28.4 Å². The van der Waals surface area contributed by atoms with Crippen molar-refractivity contribution in [2.24, 2.45) is 11.8 Å². The summed E-state index contributed by atoms with van der Waals surface area (Å²) >= 11 is 0. The van der Waals surface area contributed by atoms with Crippen LogP contribution in [0, 0.1) is 11.8 Å². The molecule has 14 nitrogen and oxygen atoms in total. The summed E-state index contributed by atoms with van der Waals surface area (Å²) in [7, 11) is 0. The normalized spacial score (nSPS) is 13.2. The van der Waals surface area contributed by atoms with Gasteiger partial charge in [0.15, 0.2) is 0 Å². The smallest absolute Gasteiger partial charge is 0.334 e. The van der Waals surface area contributed by atoms with Crippen molar-refractivity contribution in [3.63, 3.8) is 0 Å². The maximum atomic E-state index is 16.5. The fraction of sp³-hybridized carbons (Fsp3) is 0.104. The highest BCUT2D eigenvalue weighted by Crippen LogP contribution is 2.58. The number of para-hydroxylation sites is 2. The Hall–Kier alpha value is -14.0. The number of benzene rings is 15. The molecule has 14 heteroatoms. The third-order valence-electron chi connectivity index (χ3n) is 20.2. The second kappa shape index (κ2) is 29.1. The zero-order chi connectivity index (χ0) is 75.3. The largest absolute Gasteiger partial charge is 0.457 e. The first-order chi connectivity index (χ1) is 53.7. The number of fused-ring (bicyclic) bond motifs is 2. The molecule has 2 aliphatic heterocycles. The van der Waals surface area contributed by atoms with Gasteiger partial charge in [0.1, 0.15) is 69.6 Å². The molecule has 110 heavy (non-hydrogen) atoms. The lowest BCUT2D eigenvalue weighted by Crippen LogP contribution is -2.52. The van der Waals surface area contributed by atoms with Crippen molar-refractivity contribution in [1.82, 2.24) is 9.80 Å². The molecule has 0 fully saturated rings. The van der Waals surface area contributed by atoms with Crippen LogP contribution in [0.2, 0.25) is 0 Å². The number of ether oxygens (including phenoxy) is 6. The van der Waals surface area contributed by atoms with Crippen LogP contribution >= 0.6 is 0 Å². The van der Waals surface area contributed by atoms with Crippen molar-refractivity contribution in [2.45, 2.75) is 52.6 Å². The number of carbonyl (C=O) groups excluding carboxylic acids is 6. The summed E-state index contributed by atoms with van der Waals surface area (Å²) < 4.78 is 41.7. The topological polar surface area (TPSA) is 164 Å². The molecule has 0 N–H and O–H groups in total. The summed E-state index contributed by atoms with van der Waals surface area (Å²) in [5, 5.41) is 1.94. The van der Waals surface area contributed by atoms with E-state index in [9.17, 15) is 0 Å². The van der Waals surface area contributed by atoms with Crippen LogP contribution in [-0.4, -0.2) is 57.5 Å². The predicted molar refractivity (Wildman–Crippen MR) is 427 cm³/mol. The van der Waals surface area contributed by atoms with Crippen LogP contribution in [0.1, 0.15) is 82.0 Å². The van der Waals surface area contributed by atoms with Crippen LogP contribution in [0.15, 0.2) is 303 Å². The van der Waals surface area contributed by atoms with E-state index >= 15 is 28.8 Å². The Balaban J connectivity index is 1.00. The summed E-state index contributed by atoms with van der Waals surface area (Å²) in [6.45, 7) is 7.60. The molecule has 2 heterocycles. The molecule has 0 radical (unpaired) electrons. The van der Waals surface area contributed by atoms with Gasteiger partial charge in [-0.25, -0.2) is 9.59 Å². The Morgan fingerprint density at radius 1 is 0.255 bits per heavy atom. The molecule has 0 bridgehead atoms. The van der Waals surface area contributed by atoms with E-state index in [2.05, 4.69) is 0 Å². The summed E-state index contributed by atoms with van der Waals surface area (Å²) in [6.07, 6.45) is 0.0425. The molecule has 4 amide bonds. The quantitative estimate of drug-likeness (QED) is 0.0208. The minimum absolute atomic E-state index is 0.0119. The Bertz CT molecular complexity index is 5390. The van der Waals surface area contributed by atoms with Crippen LogP contribution in [0.25, 0.3) is 87.6 Å². The molecule has 0 aromatic heterocycles. The molecule has 0 spiro atoms. The molecule has 0 saturated heterocycles. The van der Waals surface area contributed by atoms with E-state index in [1.54, 1.807) is 84.9 Å². The number of nitrogens with zero attached hydrogens (tertiary/aromatic N) is 2. The molecule has 0 aliphatic carbocycles. The highest BCUT2D eigenvalue weighted by Gasteiger charge is 2.47. The van der Waals surface area contributed by atoms with Gasteiger partial charge in [0.25, 0.3) is 23.6 Å². The van der Waals surface area contributed by atoms with Gasteiger partial charge in [0.05, 0.1) is 22.3 Å². The van der Waals surface area contributed by atoms with Crippen molar-refractivity contribution in [1.29, 1.82) is 0 Å². The van der Waals surface area contributed by atoms with Gasteiger partial charge in [-0.2, -0.15) is 0 Å². The second-order valence-electron chi connectivity index (χ2n) is 28.4. The van der Waals surface area contributed by atoms with Crippen molar-refractivity contribution in [3.8, 4) is 102 Å². The zero-order valence-electron chi connectivity index (χ0n) is 60.4. The maximum Gasteiger partial charge on any atom is 0.334 e. The van der Waals surface area contributed by atoms with Crippen LogP contribution < -0.4 is 28.4 Å². The first kappa shape index (κ1) is 69.1. The maximum absolute atomic E-state index is 16.5. The molecule has 15 aromatic rings. The number of imide groups is 2. The summed E-state index contributed by atoms with van der Waals surface area (Å²) in [5.41, 5.74) is 7.30. The lowest BCUT2D eigenvalue weighted by atomic mass is 9.80. The number of carbonyl (C=O) groups is 6. The average molecular weight is 1440 g/mol. The number of hydrogen-bond acceptors (Lipinski definition) is 12. The molecular formula is C96H70N2O12. The van der Waals surface area contributed by atoms with E-state index in [1.807, 2.05) is 246 Å². The van der Waals surface area contributed by atoms with Gasteiger partial charge in [-0.1, -0.05) is 234 Å². The van der Waals surface area contributed by atoms with Gasteiger partial charge in [-0.3, -0.25) is 29.0 Å². The van der Waals surface area contributed by atoms with E-state index in [-0.39, 0.29) is 125 Å². The monoisotopic (exact) mass is 1440 g/mol. The summed E-state index contributed by atoms with van der Waals surface area (Å²) in [4.78, 5) is 98.2. The van der Waals surface area contributed by atoms with Gasteiger partial charge >= 0.3 is 11.9 Å². The van der Waals surface area contributed by atoms with Crippen LogP contribution in [0.5, 0.6) is 57.5 Å². The third kappa shape index (κ3) is 13.0. The molecule has 2 unspecified atom stereocenters. The first-order valence-electron chi connectivity index (χ1n) is 36.7. The number of hydrogen-bond donors (Lipinski definition) is 0. The summed E-state index contributed by atoms with van der Waals surface area (Å²) in [5.74, 6) is -3.39. The highest BCUT2D eigenvalue weighted by atomic mass is 16.5. The average Bonchev–Trinajstić information content (AvgIpc) is 0.671. The molecule has 2 atom stereocenters. The third-order valence-corrected chi connectivity index (χ3v) is 20.2. The Morgan fingerprint density at radius 2 is 0.464 bits per heavy atom. The fourth-order valence-electron chi connectivity index (χ4n) is 15.2. The van der Waals surface area contributed by atoms with Crippen LogP contribution in [0.3, 0.4) is 0 Å². The van der Waals surface area contributed by atoms with Crippen molar-refractivity contribution in [3.05, 3.63) is 326 Å². The second-order valence-corrected chi connectivity index (χ2v) is 28.4. The van der Waals surface area contributed by atoms with Crippen molar-refractivity contribution < 1.29 is 57.2 Å². The van der Waals surface area contributed by atoms with E-state index < -0.39 is 47.7 Å². The zero-order valence-corrected chi connectivity index (χ0v) is 60.4. The lowest BCUT2D eigenvalue weighted by molar-refractivity contribution is -0.140. The molecular weight excluding hydrogens is 1370 g/mol. The van der Waals surface area contributed by atoms with Gasteiger partial charge in [-0.15, -0.1) is 0 Å². The lowest BCUT2D eigenvalue weighted by Gasteiger charge is -2.36.